The van der Waals surface area contributed by atoms with Crippen LogP contribution in [-0.2, 0) is 9.53 Å². The lowest BCUT2D eigenvalue weighted by molar-refractivity contribution is -0.145. The summed E-state index contributed by atoms with van der Waals surface area (Å²) in [4.78, 5) is 16.0. The Balaban J connectivity index is 2.53. The minimum absolute atomic E-state index is 0.0888. The molecule has 0 saturated heterocycles. The van der Waals surface area contributed by atoms with Crippen molar-refractivity contribution >= 4 is 23.6 Å². The maximum atomic E-state index is 11.9. The first-order valence-electron chi connectivity index (χ1n) is 5.48. The van der Waals surface area contributed by atoms with E-state index in [-0.39, 0.29) is 12.3 Å². The number of hydrogen-bond acceptors (Lipinski definition) is 5. The van der Waals surface area contributed by atoms with E-state index in [1.54, 1.807) is 31.2 Å². The van der Waals surface area contributed by atoms with Gasteiger partial charge in [0.25, 0.3) is 0 Å². The fraction of sp³-hybridized carbons (Fsp3) is 0.231. The molecule has 2 rings (SSSR count). The van der Waals surface area contributed by atoms with E-state index in [4.69, 9.17) is 10.1 Å². The molecule has 1 aromatic rings. The lowest BCUT2D eigenvalue weighted by atomic mass is 9.79. The van der Waals surface area contributed by atoms with Crippen molar-refractivity contribution < 1.29 is 9.53 Å². The quantitative estimate of drug-likeness (QED) is 0.801. The van der Waals surface area contributed by atoms with E-state index in [0.29, 0.717) is 11.3 Å². The third-order valence-electron chi connectivity index (χ3n) is 2.74. The van der Waals surface area contributed by atoms with Gasteiger partial charge < -0.3 is 10.1 Å². The lowest BCUT2D eigenvalue weighted by Gasteiger charge is -2.25. The highest BCUT2D eigenvalue weighted by molar-refractivity contribution is 6.29. The molecule has 0 bridgehead atoms. The number of benzene rings is 1. The van der Waals surface area contributed by atoms with E-state index in [2.05, 4.69) is 4.99 Å². The second-order valence-electron chi connectivity index (χ2n) is 3.79. The van der Waals surface area contributed by atoms with Crippen LogP contribution in [0, 0.1) is 22.2 Å². The molecule has 1 heterocycles. The first kappa shape index (κ1) is 12.0. The van der Waals surface area contributed by atoms with Gasteiger partial charge in [0.15, 0.2) is 0 Å². The smallest absolute Gasteiger partial charge is 0.338 e. The summed E-state index contributed by atoms with van der Waals surface area (Å²) in [6.45, 7) is 1.81. The molecule has 1 atom stereocenters. The Labute approximate surface area is 104 Å². The predicted octanol–water partition coefficient (Wildman–Crippen LogP) is 1.84. The van der Waals surface area contributed by atoms with Crippen LogP contribution >= 0.6 is 0 Å². The molecule has 0 radical (unpaired) electrons. The largest absolute Gasteiger partial charge is 0.464 e. The number of carbonyl (C=O) groups excluding carboxylic acids is 1. The third kappa shape index (κ3) is 1.59. The van der Waals surface area contributed by atoms with Gasteiger partial charge in [0.05, 0.1) is 24.1 Å². The van der Waals surface area contributed by atoms with Crippen LogP contribution in [0.3, 0.4) is 0 Å². The Hall–Kier alpha value is -2.48. The average Bonchev–Trinajstić information content (AvgIpc) is 2.40. The van der Waals surface area contributed by atoms with Crippen LogP contribution in [0.5, 0.6) is 0 Å². The molecule has 5 heteroatoms. The van der Waals surface area contributed by atoms with Crippen LogP contribution in [0.25, 0.3) is 0 Å². The van der Waals surface area contributed by atoms with E-state index in [1.165, 1.54) is 6.21 Å². The van der Waals surface area contributed by atoms with E-state index < -0.39 is 11.4 Å². The van der Waals surface area contributed by atoms with Crippen LogP contribution in [0.15, 0.2) is 29.3 Å². The molecule has 1 aliphatic rings. The Morgan fingerprint density at radius 2 is 2.28 bits per heavy atom. The van der Waals surface area contributed by atoms with Gasteiger partial charge in [-0.2, -0.15) is 5.26 Å². The number of esters is 1. The molecule has 1 unspecified atom stereocenters. The number of nitrogens with zero attached hydrogens (tertiary/aromatic N) is 2. The topological polar surface area (TPSA) is 86.3 Å². The molecule has 1 aliphatic heterocycles. The Kier molecular flexibility index (Phi) is 2.94. The van der Waals surface area contributed by atoms with Crippen LogP contribution in [0.2, 0.25) is 0 Å². The Morgan fingerprint density at radius 1 is 1.56 bits per heavy atom. The van der Waals surface area contributed by atoms with Crippen molar-refractivity contribution in [2.45, 2.75) is 6.92 Å². The molecule has 1 N–H and O–H groups in total. The van der Waals surface area contributed by atoms with Gasteiger partial charge in [-0.15, -0.1) is 0 Å². The van der Waals surface area contributed by atoms with Crippen molar-refractivity contribution in [1.29, 1.82) is 10.7 Å². The highest BCUT2D eigenvalue weighted by Gasteiger charge is 2.46. The monoisotopic (exact) mass is 241 g/mol. The molecule has 5 nitrogen and oxygen atoms in total. The van der Waals surface area contributed by atoms with Gasteiger partial charge in [-0.25, -0.2) is 4.79 Å². The van der Waals surface area contributed by atoms with Gasteiger partial charge in [-0.05, 0) is 13.0 Å². The number of nitrogens with one attached hydrogen (secondary N) is 1. The molecule has 0 spiro atoms. The summed E-state index contributed by atoms with van der Waals surface area (Å²) in [7, 11) is 0. The zero-order chi connectivity index (χ0) is 13.2. The minimum atomic E-state index is -1.73. The van der Waals surface area contributed by atoms with Crippen LogP contribution in [-0.4, -0.2) is 24.5 Å². The summed E-state index contributed by atoms with van der Waals surface area (Å²) < 4.78 is 4.87. The second kappa shape index (κ2) is 4.41. The summed E-state index contributed by atoms with van der Waals surface area (Å²) in [5.41, 5.74) is -0.758. The highest BCUT2D eigenvalue weighted by Crippen LogP contribution is 2.33. The summed E-state index contributed by atoms with van der Waals surface area (Å²) in [6.07, 6.45) is 1.19. The zero-order valence-electron chi connectivity index (χ0n) is 9.80. The van der Waals surface area contributed by atoms with E-state index in [9.17, 15) is 10.1 Å². The zero-order valence-corrected chi connectivity index (χ0v) is 9.80. The fourth-order valence-corrected chi connectivity index (χ4v) is 1.77. The standard InChI is InChI=1S/C13H11N3O2/c1-2-18-12(17)13(7-14)8-16-10-6-4-3-5-9(10)11(13)15/h3-6,8,15H,2H2,1H3. The molecule has 1 aromatic carbocycles. The summed E-state index contributed by atoms with van der Waals surface area (Å²) in [5, 5.41) is 17.3. The molecule has 0 amide bonds. The molecule has 18 heavy (non-hydrogen) atoms. The summed E-state index contributed by atoms with van der Waals surface area (Å²) >= 11 is 0. The molecule has 0 saturated carbocycles. The second-order valence-corrected chi connectivity index (χ2v) is 3.79. The lowest BCUT2D eigenvalue weighted by Crippen LogP contribution is -2.42. The van der Waals surface area contributed by atoms with Crippen molar-refractivity contribution in [3.63, 3.8) is 0 Å². The number of fused-ring (bicyclic) bond motifs is 1. The number of aliphatic imine (C=N–C) groups is 1. The Morgan fingerprint density at radius 3 is 2.94 bits per heavy atom. The van der Waals surface area contributed by atoms with Crippen molar-refractivity contribution in [2.75, 3.05) is 6.61 Å². The van der Waals surface area contributed by atoms with Crippen LogP contribution < -0.4 is 0 Å². The van der Waals surface area contributed by atoms with Gasteiger partial charge in [0, 0.05) is 11.8 Å². The number of nitriles is 1. The number of hydrogen-bond donors (Lipinski definition) is 1. The number of para-hydroxylation sites is 1. The molecule has 0 aliphatic carbocycles. The third-order valence-corrected chi connectivity index (χ3v) is 2.74. The number of rotatable bonds is 2. The van der Waals surface area contributed by atoms with Gasteiger partial charge >= 0.3 is 5.97 Å². The SMILES string of the molecule is CCOC(=O)C1(C#N)C=Nc2ccccc2C1=N. The first-order valence-corrected chi connectivity index (χ1v) is 5.48. The summed E-state index contributed by atoms with van der Waals surface area (Å²) in [5.74, 6) is -0.754. The highest BCUT2D eigenvalue weighted by atomic mass is 16.5. The van der Waals surface area contributed by atoms with E-state index in [0.717, 1.165) is 0 Å². The Bertz CT molecular complexity index is 586. The fourth-order valence-electron chi connectivity index (χ4n) is 1.77. The van der Waals surface area contributed by atoms with Gasteiger partial charge in [-0.3, -0.25) is 4.99 Å². The number of ether oxygens (including phenoxy) is 1. The van der Waals surface area contributed by atoms with Crippen molar-refractivity contribution in [2.24, 2.45) is 10.4 Å². The summed E-state index contributed by atoms with van der Waals surface area (Å²) in [6, 6.07) is 8.76. The van der Waals surface area contributed by atoms with Crippen molar-refractivity contribution in [3.05, 3.63) is 29.8 Å². The van der Waals surface area contributed by atoms with E-state index >= 15 is 0 Å². The average molecular weight is 241 g/mol. The molecular weight excluding hydrogens is 230 g/mol. The maximum absolute atomic E-state index is 11.9. The van der Waals surface area contributed by atoms with Gasteiger partial charge in [0.1, 0.15) is 0 Å². The minimum Gasteiger partial charge on any atom is -0.464 e. The molecule has 0 fully saturated rings. The van der Waals surface area contributed by atoms with Crippen LogP contribution in [0.4, 0.5) is 5.69 Å². The molecular formula is C13H11N3O2. The van der Waals surface area contributed by atoms with Gasteiger partial charge in [0.2, 0.25) is 5.41 Å². The van der Waals surface area contributed by atoms with Crippen molar-refractivity contribution in [1.82, 2.24) is 0 Å². The maximum Gasteiger partial charge on any atom is 0.338 e. The van der Waals surface area contributed by atoms with E-state index in [1.807, 2.05) is 6.07 Å². The number of carbonyl (C=O) groups is 1. The van der Waals surface area contributed by atoms with Crippen molar-refractivity contribution in [3.8, 4) is 6.07 Å². The first-order chi connectivity index (χ1) is 8.65. The molecule has 90 valence electrons. The normalized spacial score (nSPS) is 21.0. The van der Waals surface area contributed by atoms with Crippen LogP contribution in [0.1, 0.15) is 12.5 Å². The molecule has 0 aromatic heterocycles. The predicted molar refractivity (Wildman–Crippen MR) is 66.1 cm³/mol. The van der Waals surface area contributed by atoms with Gasteiger partial charge in [-0.1, -0.05) is 18.2 Å².